The molecule has 374 valence electrons. The molecule has 10 atom stereocenters. The van der Waals surface area contributed by atoms with E-state index >= 15 is 0 Å². The summed E-state index contributed by atoms with van der Waals surface area (Å²) in [7, 11) is 0. The van der Waals surface area contributed by atoms with E-state index in [1.807, 2.05) is 166 Å². The van der Waals surface area contributed by atoms with Gasteiger partial charge in [0.2, 0.25) is 6.29 Å². The van der Waals surface area contributed by atoms with Crippen molar-refractivity contribution in [2.45, 2.75) is 127 Å². The van der Waals surface area contributed by atoms with Crippen LogP contribution in [0.5, 0.6) is 0 Å². The lowest BCUT2D eigenvalue weighted by Gasteiger charge is -2.51. The molecule has 2 saturated heterocycles. The van der Waals surface area contributed by atoms with Gasteiger partial charge in [0.1, 0.15) is 47.6 Å². The summed E-state index contributed by atoms with van der Waals surface area (Å²) in [6.45, 7) is 10.4. The molecule has 3 aliphatic rings. The number of Topliss-reactive ketones (excluding diaryl/α,β-unsaturated/α-hetero) is 2. The van der Waals surface area contributed by atoms with Gasteiger partial charge >= 0.3 is 0 Å². The minimum absolute atomic E-state index is 0.0978. The summed E-state index contributed by atoms with van der Waals surface area (Å²) in [6.07, 6.45) is -6.38. The Morgan fingerprint density at radius 3 is 1.37 bits per heavy atom. The van der Waals surface area contributed by atoms with Crippen LogP contribution in [0.15, 0.2) is 173 Å². The monoisotopic (exact) mass is 1000 g/mol. The number of rotatable bonds is 23. The molecule has 0 bridgehead atoms. The van der Waals surface area contributed by atoms with Crippen LogP contribution in [0.3, 0.4) is 0 Å². The van der Waals surface area contributed by atoms with E-state index in [0.717, 1.165) is 33.4 Å². The fourth-order valence-electron chi connectivity index (χ4n) is 8.88. The fraction of sp³-hybridized carbons (Fsp3) is 0.379. The van der Waals surface area contributed by atoms with E-state index in [1.54, 1.807) is 13.8 Å². The lowest BCUT2D eigenvalue weighted by Crippen LogP contribution is -2.65. The van der Waals surface area contributed by atoms with Crippen LogP contribution in [0, 0.1) is 0 Å². The topological polar surface area (TPSA) is 117 Å². The highest BCUT2D eigenvalue weighted by molar-refractivity contribution is 8.05. The Morgan fingerprint density at radius 2 is 0.944 bits per heavy atom. The van der Waals surface area contributed by atoms with Crippen LogP contribution in [0.1, 0.15) is 62.4 Å². The maximum atomic E-state index is 13.7. The Balaban J connectivity index is 1.22. The summed E-state index contributed by atoms with van der Waals surface area (Å²) in [5, 5.41) is -1.31. The van der Waals surface area contributed by atoms with E-state index in [1.165, 1.54) is 30.4 Å². The van der Waals surface area contributed by atoms with Crippen molar-refractivity contribution < 1.29 is 52.2 Å². The number of ketones is 2. The predicted molar refractivity (Wildman–Crippen MR) is 276 cm³/mol. The van der Waals surface area contributed by atoms with E-state index in [0.29, 0.717) is 28.8 Å². The molecule has 0 saturated carbocycles. The average Bonchev–Trinajstić information content (AvgIpc) is 3.38. The SMILES string of the molecule is CC(=O)C(S[C@H]1[C@H](O[C@H]2[C@H](OCc3ccccc3)[C@@H](COCc3ccccc3)O[C@@H]3OC(C)=C(C(C)=O)S[C@@H]32)O[C@H](COCc2ccccc2)[C@@H](OCc2ccccc2)[C@@H]1OCc1ccccc1)=C(C)C. The van der Waals surface area contributed by atoms with Gasteiger partial charge in [-0.3, -0.25) is 9.59 Å². The lowest BCUT2D eigenvalue weighted by molar-refractivity contribution is -0.320. The molecular formula is C58H64O11S2. The van der Waals surface area contributed by atoms with E-state index < -0.39 is 59.7 Å². The Hall–Kier alpha value is -4.90. The molecule has 0 aliphatic carbocycles. The molecule has 0 unspecified atom stereocenters. The first-order valence-electron chi connectivity index (χ1n) is 24.2. The molecule has 3 aliphatic heterocycles. The van der Waals surface area contributed by atoms with E-state index in [9.17, 15) is 9.59 Å². The molecule has 0 aromatic heterocycles. The third kappa shape index (κ3) is 14.4. The second-order valence-corrected chi connectivity index (χ2v) is 20.5. The van der Waals surface area contributed by atoms with Crippen molar-refractivity contribution in [3.63, 3.8) is 0 Å². The van der Waals surface area contributed by atoms with Crippen molar-refractivity contribution in [1.82, 2.24) is 0 Å². The Kier molecular flexibility index (Phi) is 19.3. The largest absolute Gasteiger partial charge is 0.467 e. The third-order valence-electron chi connectivity index (χ3n) is 12.3. The molecule has 8 rings (SSSR count). The van der Waals surface area contributed by atoms with E-state index in [4.69, 9.17) is 42.6 Å². The van der Waals surface area contributed by atoms with Gasteiger partial charge in [-0.05, 0) is 62.4 Å². The minimum atomic E-state index is -1.07. The number of benzene rings is 5. The van der Waals surface area contributed by atoms with Gasteiger partial charge in [-0.1, -0.05) is 157 Å². The van der Waals surface area contributed by atoms with Crippen LogP contribution in [0.25, 0.3) is 0 Å². The first-order chi connectivity index (χ1) is 34.6. The number of hydrogen-bond donors (Lipinski definition) is 0. The van der Waals surface area contributed by atoms with Crippen LogP contribution in [-0.4, -0.2) is 84.5 Å². The number of carbonyl (C=O) groups is 2. The van der Waals surface area contributed by atoms with Crippen LogP contribution in [0.2, 0.25) is 0 Å². The van der Waals surface area contributed by atoms with Gasteiger partial charge in [0, 0.05) is 4.91 Å². The Labute approximate surface area is 426 Å². The van der Waals surface area contributed by atoms with Gasteiger partial charge in [-0.25, -0.2) is 0 Å². The Bertz CT molecular complexity index is 2510. The normalized spacial score (nSPS) is 25.2. The zero-order valence-corrected chi connectivity index (χ0v) is 42.6. The van der Waals surface area contributed by atoms with Crippen molar-refractivity contribution in [3.05, 3.63) is 201 Å². The molecule has 11 nitrogen and oxygen atoms in total. The van der Waals surface area contributed by atoms with Crippen LogP contribution >= 0.6 is 23.5 Å². The highest BCUT2D eigenvalue weighted by atomic mass is 32.2. The summed E-state index contributed by atoms with van der Waals surface area (Å²) in [5.41, 5.74) is 5.73. The third-order valence-corrected chi connectivity index (χ3v) is 15.6. The standard InChI is InChI=1S/C58H64O11S2/c1-38(2)53(39(3)59)70-55-51(65-35-46-29-19-10-20-30-46)49(63-33-44-25-15-8-16-26-44)47(36-61-31-42-21-11-6-12-22-42)68-58(55)69-52-50(64-34-45-27-17-9-18-28-45)48(37-62-32-43-23-13-7-14-24-43)67-57-56(52)71-54(40(4)60)41(5)66-57/h6-30,47-52,55-58H,31-37H2,1-5H3/t47-,48-,49-,50-,51+,52+,55-,56-,57+,58+/m1/s1. The molecule has 0 radical (unpaired) electrons. The highest BCUT2D eigenvalue weighted by Crippen LogP contribution is 2.46. The van der Waals surface area contributed by atoms with Crippen molar-refractivity contribution in [1.29, 1.82) is 0 Å². The summed E-state index contributed by atoms with van der Waals surface area (Å²) in [6, 6.07) is 49.8. The number of thioether (sulfide) groups is 2. The number of ether oxygens (including phenoxy) is 9. The van der Waals surface area contributed by atoms with Crippen molar-refractivity contribution in [2.75, 3.05) is 13.2 Å². The number of carbonyl (C=O) groups excluding carboxylic acids is 2. The average molecular weight is 1000 g/mol. The van der Waals surface area contributed by atoms with Crippen molar-refractivity contribution in [3.8, 4) is 0 Å². The molecule has 2 fully saturated rings. The van der Waals surface area contributed by atoms with Gasteiger partial charge in [0.05, 0.1) is 56.4 Å². The molecule has 13 heteroatoms. The smallest absolute Gasteiger partial charge is 0.214 e. The maximum Gasteiger partial charge on any atom is 0.214 e. The predicted octanol–water partition coefficient (Wildman–Crippen LogP) is 10.9. The van der Waals surface area contributed by atoms with Gasteiger partial charge < -0.3 is 42.6 Å². The number of fused-ring (bicyclic) bond motifs is 1. The molecule has 0 N–H and O–H groups in total. The zero-order valence-electron chi connectivity index (χ0n) is 41.0. The zero-order chi connectivity index (χ0) is 49.5. The van der Waals surface area contributed by atoms with Crippen LogP contribution < -0.4 is 0 Å². The molecule has 5 aromatic carbocycles. The van der Waals surface area contributed by atoms with Gasteiger partial charge in [0.15, 0.2) is 17.9 Å². The van der Waals surface area contributed by atoms with Crippen molar-refractivity contribution >= 4 is 35.1 Å². The minimum Gasteiger partial charge on any atom is -0.467 e. The van der Waals surface area contributed by atoms with E-state index in [-0.39, 0.29) is 44.6 Å². The quantitative estimate of drug-likeness (QED) is 0.0579. The summed E-state index contributed by atoms with van der Waals surface area (Å²) < 4.78 is 62.2. The second-order valence-electron chi connectivity index (χ2n) is 18.1. The van der Waals surface area contributed by atoms with Crippen LogP contribution in [0.4, 0.5) is 0 Å². The van der Waals surface area contributed by atoms with E-state index in [2.05, 4.69) is 0 Å². The van der Waals surface area contributed by atoms with Gasteiger partial charge in [0.25, 0.3) is 0 Å². The van der Waals surface area contributed by atoms with Crippen molar-refractivity contribution in [2.24, 2.45) is 0 Å². The van der Waals surface area contributed by atoms with Gasteiger partial charge in [-0.2, -0.15) is 0 Å². The number of allylic oxidation sites excluding steroid dienone is 4. The molecular weight excluding hydrogens is 937 g/mol. The summed E-state index contributed by atoms with van der Waals surface area (Å²) in [4.78, 5) is 28.0. The first kappa shape index (κ1) is 52.4. The molecule has 71 heavy (non-hydrogen) atoms. The molecule has 3 heterocycles. The van der Waals surface area contributed by atoms with Crippen LogP contribution in [-0.2, 0) is 85.3 Å². The maximum absolute atomic E-state index is 13.7. The highest BCUT2D eigenvalue weighted by Gasteiger charge is 2.56. The summed E-state index contributed by atoms with van der Waals surface area (Å²) >= 11 is 2.72. The van der Waals surface area contributed by atoms with Gasteiger partial charge in [-0.15, -0.1) is 23.5 Å². The lowest BCUT2D eigenvalue weighted by atomic mass is 9.98. The fourth-order valence-corrected chi connectivity index (χ4v) is 11.4. The summed E-state index contributed by atoms with van der Waals surface area (Å²) in [5.74, 6) is 0.232. The molecule has 0 spiro atoms. The first-order valence-corrected chi connectivity index (χ1v) is 25.9. The molecule has 0 amide bonds. The molecule has 5 aromatic rings. The second kappa shape index (κ2) is 26.2. The number of hydrogen-bond acceptors (Lipinski definition) is 13. The Morgan fingerprint density at radius 1 is 0.535 bits per heavy atom.